The van der Waals surface area contributed by atoms with E-state index in [1.54, 1.807) is 7.05 Å². The zero-order valence-corrected chi connectivity index (χ0v) is 7.76. The van der Waals surface area contributed by atoms with Crippen LogP contribution in [0.3, 0.4) is 0 Å². The van der Waals surface area contributed by atoms with E-state index in [1.165, 1.54) is 0 Å². The van der Waals surface area contributed by atoms with Gasteiger partial charge in [0, 0.05) is 0 Å². The summed E-state index contributed by atoms with van der Waals surface area (Å²) in [6, 6.07) is 0. The average Bonchev–Trinajstić information content (AvgIpc) is 2.05. The van der Waals surface area contributed by atoms with Gasteiger partial charge in [-0.2, -0.15) is 0 Å². The third-order valence-corrected chi connectivity index (χ3v) is 3.13. The Morgan fingerprint density at radius 1 is 1.58 bits per heavy atom. The molecule has 0 spiro atoms. The zero-order chi connectivity index (χ0) is 9.19. The van der Waals surface area contributed by atoms with Crippen molar-refractivity contribution >= 4 is 5.97 Å². The summed E-state index contributed by atoms with van der Waals surface area (Å²) < 4.78 is 0. The van der Waals surface area contributed by atoms with E-state index < -0.39 is 11.5 Å². The van der Waals surface area contributed by atoms with Gasteiger partial charge in [0.25, 0.3) is 0 Å². The highest BCUT2D eigenvalue weighted by atomic mass is 16.4. The second kappa shape index (κ2) is 3.44. The van der Waals surface area contributed by atoms with E-state index in [0.717, 1.165) is 25.7 Å². The number of rotatable bonds is 2. The molecule has 3 nitrogen and oxygen atoms in total. The Labute approximate surface area is 73.2 Å². The number of hydrogen-bond donors (Lipinski definition) is 2. The van der Waals surface area contributed by atoms with Crippen LogP contribution in [0.5, 0.6) is 0 Å². The standard InChI is InChI=1S/C9H17NO2/c1-7-5-3-4-6-9(7,10-2)8(11)12/h7,10H,3-6H2,1-2H3,(H,11,12). The molecule has 0 bridgehead atoms. The summed E-state index contributed by atoms with van der Waals surface area (Å²) in [4.78, 5) is 11.1. The normalized spacial score (nSPS) is 36.3. The molecule has 2 atom stereocenters. The molecule has 0 radical (unpaired) electrons. The molecule has 0 amide bonds. The number of nitrogens with one attached hydrogen (secondary N) is 1. The van der Waals surface area contributed by atoms with Gasteiger partial charge in [-0.1, -0.05) is 19.8 Å². The average molecular weight is 171 g/mol. The van der Waals surface area contributed by atoms with Crippen LogP contribution in [0.2, 0.25) is 0 Å². The minimum absolute atomic E-state index is 0.244. The third-order valence-electron chi connectivity index (χ3n) is 3.13. The van der Waals surface area contributed by atoms with Gasteiger partial charge in [-0.15, -0.1) is 0 Å². The lowest BCUT2D eigenvalue weighted by molar-refractivity contribution is -0.148. The van der Waals surface area contributed by atoms with Gasteiger partial charge >= 0.3 is 5.97 Å². The SMILES string of the molecule is CNC1(C(=O)O)CCCCC1C. The van der Waals surface area contributed by atoms with Crippen molar-refractivity contribution in [1.29, 1.82) is 0 Å². The van der Waals surface area contributed by atoms with Crippen LogP contribution in [0.1, 0.15) is 32.6 Å². The van der Waals surface area contributed by atoms with Crippen molar-refractivity contribution in [1.82, 2.24) is 5.32 Å². The summed E-state index contributed by atoms with van der Waals surface area (Å²) in [5, 5.41) is 12.1. The van der Waals surface area contributed by atoms with E-state index in [0.29, 0.717) is 0 Å². The van der Waals surface area contributed by atoms with Gasteiger partial charge in [0.1, 0.15) is 5.54 Å². The first-order chi connectivity index (χ1) is 5.63. The van der Waals surface area contributed by atoms with Crippen molar-refractivity contribution in [2.75, 3.05) is 7.05 Å². The number of carboxylic acid groups (broad SMARTS) is 1. The minimum atomic E-state index is -0.697. The monoisotopic (exact) mass is 171 g/mol. The lowest BCUT2D eigenvalue weighted by atomic mass is 9.74. The molecule has 12 heavy (non-hydrogen) atoms. The van der Waals surface area contributed by atoms with Gasteiger partial charge < -0.3 is 10.4 Å². The van der Waals surface area contributed by atoms with Crippen molar-refractivity contribution in [3.05, 3.63) is 0 Å². The predicted octanol–water partition coefficient (Wildman–Crippen LogP) is 1.24. The maximum absolute atomic E-state index is 11.1. The van der Waals surface area contributed by atoms with Crippen LogP contribution in [0.4, 0.5) is 0 Å². The molecule has 70 valence electrons. The second-order valence-electron chi connectivity index (χ2n) is 3.67. The van der Waals surface area contributed by atoms with Crippen molar-refractivity contribution in [2.45, 2.75) is 38.1 Å². The Morgan fingerprint density at radius 2 is 2.25 bits per heavy atom. The third kappa shape index (κ3) is 1.33. The fraction of sp³-hybridized carbons (Fsp3) is 0.889. The molecule has 1 aliphatic carbocycles. The van der Waals surface area contributed by atoms with Crippen molar-refractivity contribution in [3.63, 3.8) is 0 Å². The summed E-state index contributed by atoms with van der Waals surface area (Å²) in [6.07, 6.45) is 3.97. The van der Waals surface area contributed by atoms with Gasteiger partial charge in [-0.3, -0.25) is 4.79 Å². The first-order valence-corrected chi connectivity index (χ1v) is 4.56. The van der Waals surface area contributed by atoms with Gasteiger partial charge in [0.2, 0.25) is 0 Å². The van der Waals surface area contributed by atoms with Crippen LogP contribution in [-0.4, -0.2) is 23.7 Å². The molecule has 2 unspecified atom stereocenters. The van der Waals surface area contributed by atoms with Crippen molar-refractivity contribution < 1.29 is 9.90 Å². The van der Waals surface area contributed by atoms with Crippen molar-refractivity contribution in [3.8, 4) is 0 Å². The van der Waals surface area contributed by atoms with Gasteiger partial charge in [0.15, 0.2) is 0 Å². The Bertz CT molecular complexity index is 181. The van der Waals surface area contributed by atoms with E-state index in [2.05, 4.69) is 5.32 Å². The molecule has 1 rings (SSSR count). The van der Waals surface area contributed by atoms with E-state index in [1.807, 2.05) is 6.92 Å². The molecule has 0 heterocycles. The number of carboxylic acids is 1. The van der Waals surface area contributed by atoms with E-state index >= 15 is 0 Å². The molecule has 0 aliphatic heterocycles. The Hall–Kier alpha value is -0.570. The summed E-state index contributed by atoms with van der Waals surface area (Å²) in [7, 11) is 1.75. The molecule has 0 aromatic carbocycles. The van der Waals surface area contributed by atoms with E-state index in [4.69, 9.17) is 5.11 Å². The zero-order valence-electron chi connectivity index (χ0n) is 7.76. The predicted molar refractivity (Wildman–Crippen MR) is 47.1 cm³/mol. The number of likely N-dealkylation sites (N-methyl/N-ethyl adjacent to an activating group) is 1. The summed E-state index contributed by atoms with van der Waals surface area (Å²) >= 11 is 0. The second-order valence-corrected chi connectivity index (χ2v) is 3.67. The van der Waals surface area contributed by atoms with Gasteiger partial charge in [0.05, 0.1) is 0 Å². The molecule has 1 aliphatic rings. The fourth-order valence-electron chi connectivity index (χ4n) is 2.14. The summed E-state index contributed by atoms with van der Waals surface area (Å²) in [5.74, 6) is -0.453. The highest BCUT2D eigenvalue weighted by Crippen LogP contribution is 2.33. The molecule has 2 N–H and O–H groups in total. The number of carbonyl (C=O) groups is 1. The smallest absolute Gasteiger partial charge is 0.324 e. The quantitative estimate of drug-likeness (QED) is 0.657. The highest BCUT2D eigenvalue weighted by Gasteiger charge is 2.43. The van der Waals surface area contributed by atoms with Crippen LogP contribution in [0.25, 0.3) is 0 Å². The molecule has 0 saturated heterocycles. The molecule has 0 aromatic heterocycles. The number of aliphatic carboxylic acids is 1. The Morgan fingerprint density at radius 3 is 2.58 bits per heavy atom. The maximum atomic E-state index is 11.1. The van der Waals surface area contributed by atoms with Crippen LogP contribution in [0.15, 0.2) is 0 Å². The van der Waals surface area contributed by atoms with Crippen LogP contribution in [-0.2, 0) is 4.79 Å². The van der Waals surface area contributed by atoms with Gasteiger partial charge in [-0.25, -0.2) is 0 Å². The molecule has 3 heteroatoms. The topological polar surface area (TPSA) is 49.3 Å². The van der Waals surface area contributed by atoms with Crippen molar-refractivity contribution in [2.24, 2.45) is 5.92 Å². The first kappa shape index (κ1) is 9.52. The highest BCUT2D eigenvalue weighted by molar-refractivity contribution is 5.79. The summed E-state index contributed by atoms with van der Waals surface area (Å²) in [5.41, 5.74) is -0.655. The maximum Gasteiger partial charge on any atom is 0.324 e. The first-order valence-electron chi connectivity index (χ1n) is 4.56. The minimum Gasteiger partial charge on any atom is -0.480 e. The lowest BCUT2D eigenvalue weighted by Crippen LogP contribution is -2.56. The van der Waals surface area contributed by atoms with Crippen LogP contribution < -0.4 is 5.32 Å². The molecule has 0 aromatic rings. The van der Waals surface area contributed by atoms with Crippen LogP contribution >= 0.6 is 0 Å². The summed E-state index contributed by atoms with van der Waals surface area (Å²) in [6.45, 7) is 2.02. The van der Waals surface area contributed by atoms with E-state index in [9.17, 15) is 4.79 Å². The fourth-order valence-corrected chi connectivity index (χ4v) is 2.14. The Balaban J connectivity index is 2.81. The van der Waals surface area contributed by atoms with Crippen LogP contribution in [0, 0.1) is 5.92 Å². The van der Waals surface area contributed by atoms with Gasteiger partial charge in [-0.05, 0) is 25.8 Å². The Kier molecular flexibility index (Phi) is 2.73. The number of hydrogen-bond acceptors (Lipinski definition) is 2. The molecule has 1 fully saturated rings. The molecular formula is C9H17NO2. The van der Waals surface area contributed by atoms with E-state index in [-0.39, 0.29) is 5.92 Å². The molecule has 1 saturated carbocycles. The lowest BCUT2D eigenvalue weighted by Gasteiger charge is -2.38. The largest absolute Gasteiger partial charge is 0.480 e. The molecular weight excluding hydrogens is 154 g/mol.